The molecule has 0 radical (unpaired) electrons. The summed E-state index contributed by atoms with van der Waals surface area (Å²) in [6.45, 7) is 4.36. The molecule has 0 aliphatic carbocycles. The van der Waals surface area contributed by atoms with Gasteiger partial charge in [0, 0.05) is 17.3 Å². The number of aliphatic hydroxyl groups excluding tert-OH is 1. The third-order valence-electron chi connectivity index (χ3n) is 5.81. The number of aliphatic hydroxyl groups is 1. The van der Waals surface area contributed by atoms with E-state index < -0.39 is 17.7 Å². The Bertz CT molecular complexity index is 1310. The molecule has 1 aliphatic rings. The van der Waals surface area contributed by atoms with Crippen LogP contribution in [0.15, 0.2) is 72.3 Å². The van der Waals surface area contributed by atoms with Gasteiger partial charge in [-0.3, -0.25) is 14.5 Å². The maximum atomic E-state index is 13.4. The van der Waals surface area contributed by atoms with Gasteiger partial charge in [0.2, 0.25) is 0 Å². The fourth-order valence-corrected chi connectivity index (χ4v) is 4.18. The molecule has 8 heteroatoms. The average molecular weight is 490 g/mol. The summed E-state index contributed by atoms with van der Waals surface area (Å²) in [4.78, 5) is 28.0. The summed E-state index contributed by atoms with van der Waals surface area (Å²) in [7, 11) is 1.53. The predicted molar refractivity (Wildman–Crippen MR) is 135 cm³/mol. The van der Waals surface area contributed by atoms with Crippen molar-refractivity contribution in [2.45, 2.75) is 19.9 Å². The summed E-state index contributed by atoms with van der Waals surface area (Å²) in [6.07, 6.45) is 0. The first-order valence-corrected chi connectivity index (χ1v) is 11.5. The molecule has 1 aliphatic heterocycles. The quantitative estimate of drug-likeness (QED) is 0.265. The number of amides is 1. The molecule has 186 valence electrons. The van der Waals surface area contributed by atoms with E-state index in [0.717, 1.165) is 0 Å². The van der Waals surface area contributed by atoms with Crippen LogP contribution in [0.4, 0.5) is 5.69 Å². The van der Waals surface area contributed by atoms with Crippen LogP contribution in [-0.2, 0) is 9.59 Å². The van der Waals surface area contributed by atoms with Crippen molar-refractivity contribution in [1.82, 2.24) is 0 Å². The fraction of sp³-hybridized carbons (Fsp3) is 0.214. The number of Topliss-reactive ketones (excluding diaryl/α,β-unsaturated/α-hetero) is 1. The molecule has 1 unspecified atom stereocenters. The van der Waals surface area contributed by atoms with Crippen LogP contribution in [0.3, 0.4) is 0 Å². The number of methoxy groups -OCH3 is 1. The van der Waals surface area contributed by atoms with Crippen LogP contribution in [0.5, 0.6) is 23.0 Å². The molecule has 4 rings (SSSR count). The molecule has 1 amide bonds. The number of ketones is 1. The van der Waals surface area contributed by atoms with Crippen LogP contribution >= 0.6 is 0 Å². The van der Waals surface area contributed by atoms with E-state index in [9.17, 15) is 19.8 Å². The second-order valence-corrected chi connectivity index (χ2v) is 7.99. The van der Waals surface area contributed by atoms with E-state index in [-0.39, 0.29) is 22.8 Å². The van der Waals surface area contributed by atoms with E-state index in [1.54, 1.807) is 67.6 Å². The number of aromatic hydroxyl groups is 1. The van der Waals surface area contributed by atoms with Gasteiger partial charge >= 0.3 is 0 Å². The third kappa shape index (κ3) is 4.57. The molecule has 8 nitrogen and oxygen atoms in total. The molecule has 1 atom stereocenters. The topological polar surface area (TPSA) is 106 Å². The van der Waals surface area contributed by atoms with E-state index >= 15 is 0 Å². The van der Waals surface area contributed by atoms with E-state index in [4.69, 9.17) is 14.2 Å². The van der Waals surface area contributed by atoms with E-state index in [0.29, 0.717) is 41.5 Å². The largest absolute Gasteiger partial charge is 0.507 e. The number of rotatable bonds is 8. The summed E-state index contributed by atoms with van der Waals surface area (Å²) in [5, 5.41) is 21.5. The number of phenolic OH excluding ortho intramolecular Hbond substituents is 1. The zero-order valence-corrected chi connectivity index (χ0v) is 20.2. The Morgan fingerprint density at radius 2 is 1.64 bits per heavy atom. The van der Waals surface area contributed by atoms with Crippen molar-refractivity contribution in [1.29, 1.82) is 0 Å². The number of nitrogens with zero attached hydrogens (tertiary/aromatic N) is 1. The average Bonchev–Trinajstić information content (AvgIpc) is 3.15. The minimum atomic E-state index is -0.983. The Labute approximate surface area is 209 Å². The molecule has 0 spiro atoms. The monoisotopic (exact) mass is 489 g/mol. The normalized spacial score (nSPS) is 16.8. The maximum Gasteiger partial charge on any atom is 0.300 e. The van der Waals surface area contributed by atoms with Crippen molar-refractivity contribution in [3.63, 3.8) is 0 Å². The first-order chi connectivity index (χ1) is 17.4. The fourth-order valence-electron chi connectivity index (χ4n) is 4.18. The van der Waals surface area contributed by atoms with Crippen LogP contribution in [0.25, 0.3) is 5.76 Å². The number of benzene rings is 3. The van der Waals surface area contributed by atoms with Crippen LogP contribution in [0.2, 0.25) is 0 Å². The highest BCUT2D eigenvalue weighted by Crippen LogP contribution is 2.44. The molecule has 36 heavy (non-hydrogen) atoms. The summed E-state index contributed by atoms with van der Waals surface area (Å²) < 4.78 is 16.3. The van der Waals surface area contributed by atoms with Crippen molar-refractivity contribution < 1.29 is 34.0 Å². The molecule has 2 N–H and O–H groups in total. The third-order valence-corrected chi connectivity index (χ3v) is 5.81. The van der Waals surface area contributed by atoms with E-state index in [1.165, 1.54) is 18.1 Å². The van der Waals surface area contributed by atoms with Gasteiger partial charge in [-0.1, -0.05) is 12.1 Å². The van der Waals surface area contributed by atoms with Gasteiger partial charge < -0.3 is 24.4 Å². The van der Waals surface area contributed by atoms with Gasteiger partial charge in [-0.05, 0) is 67.9 Å². The van der Waals surface area contributed by atoms with Gasteiger partial charge in [-0.25, -0.2) is 0 Å². The Balaban J connectivity index is 1.93. The molecule has 3 aromatic rings. The summed E-state index contributed by atoms with van der Waals surface area (Å²) >= 11 is 0. The highest BCUT2D eigenvalue weighted by molar-refractivity contribution is 6.51. The first-order valence-electron chi connectivity index (χ1n) is 11.5. The van der Waals surface area contributed by atoms with E-state index in [1.807, 2.05) is 6.92 Å². The lowest BCUT2D eigenvalue weighted by Gasteiger charge is -2.26. The number of hydrogen-bond donors (Lipinski definition) is 2. The van der Waals surface area contributed by atoms with Gasteiger partial charge in [-0.2, -0.15) is 0 Å². The van der Waals surface area contributed by atoms with Crippen molar-refractivity contribution in [2.24, 2.45) is 0 Å². The minimum absolute atomic E-state index is 0.0777. The SMILES string of the molecule is CCOc1cccc(N2C(=O)C(=O)/C(=C(\O)c3ccc(OC)cc3)C2c2ccc(O)c(OCC)c2)c1. The molecule has 0 saturated carbocycles. The highest BCUT2D eigenvalue weighted by Gasteiger charge is 2.47. The molecule has 1 heterocycles. The zero-order valence-electron chi connectivity index (χ0n) is 20.2. The molecule has 0 aromatic heterocycles. The van der Waals surface area contributed by atoms with Crippen molar-refractivity contribution in [3.8, 4) is 23.0 Å². The van der Waals surface area contributed by atoms with Crippen LogP contribution in [0.1, 0.15) is 31.0 Å². The minimum Gasteiger partial charge on any atom is -0.507 e. The van der Waals surface area contributed by atoms with E-state index in [2.05, 4.69) is 0 Å². The Hall–Kier alpha value is -4.46. The number of hydrogen-bond acceptors (Lipinski definition) is 7. The Morgan fingerprint density at radius 3 is 2.31 bits per heavy atom. The maximum absolute atomic E-state index is 13.4. The molecular formula is C28H27NO7. The second kappa shape index (κ2) is 10.4. The summed E-state index contributed by atoms with van der Waals surface area (Å²) in [6, 6.07) is 17.0. The zero-order chi connectivity index (χ0) is 25.8. The smallest absolute Gasteiger partial charge is 0.300 e. The van der Waals surface area contributed by atoms with Gasteiger partial charge in [0.25, 0.3) is 11.7 Å². The standard InChI is InChI=1S/C28H27NO7/c1-4-35-21-8-6-7-19(16-21)29-25(18-11-14-22(30)23(15-18)36-5-2)24(27(32)28(29)33)26(31)17-9-12-20(34-3)13-10-17/h6-16,25,30-31H,4-5H2,1-3H3/b26-24-. The molecule has 1 fully saturated rings. The first kappa shape index (κ1) is 24.7. The van der Waals surface area contributed by atoms with Gasteiger partial charge in [0.15, 0.2) is 11.5 Å². The molecule has 0 bridgehead atoms. The van der Waals surface area contributed by atoms with Gasteiger partial charge in [0.1, 0.15) is 17.3 Å². The highest BCUT2D eigenvalue weighted by atomic mass is 16.5. The van der Waals surface area contributed by atoms with Crippen LogP contribution in [0, 0.1) is 0 Å². The lowest BCUT2D eigenvalue weighted by atomic mass is 9.94. The second-order valence-electron chi connectivity index (χ2n) is 7.99. The lowest BCUT2D eigenvalue weighted by molar-refractivity contribution is -0.132. The van der Waals surface area contributed by atoms with Crippen LogP contribution < -0.4 is 19.1 Å². The Morgan fingerprint density at radius 1 is 0.917 bits per heavy atom. The van der Waals surface area contributed by atoms with Gasteiger partial charge in [0.05, 0.1) is 31.9 Å². The Kier molecular flexibility index (Phi) is 7.15. The lowest BCUT2D eigenvalue weighted by Crippen LogP contribution is -2.29. The molecular weight excluding hydrogens is 462 g/mol. The molecule has 3 aromatic carbocycles. The number of carbonyl (C=O) groups excluding carboxylic acids is 2. The summed E-state index contributed by atoms with van der Waals surface area (Å²) in [5.41, 5.74) is 1.17. The van der Waals surface area contributed by atoms with Gasteiger partial charge in [-0.15, -0.1) is 0 Å². The van der Waals surface area contributed by atoms with Crippen molar-refractivity contribution in [3.05, 3.63) is 83.4 Å². The number of carbonyl (C=O) groups is 2. The predicted octanol–water partition coefficient (Wildman–Crippen LogP) is 4.82. The van der Waals surface area contributed by atoms with Crippen LogP contribution in [-0.4, -0.2) is 42.2 Å². The van der Waals surface area contributed by atoms with Crippen molar-refractivity contribution >= 4 is 23.1 Å². The molecule has 1 saturated heterocycles. The van der Waals surface area contributed by atoms with Crippen molar-refractivity contribution in [2.75, 3.05) is 25.2 Å². The summed E-state index contributed by atoms with van der Waals surface area (Å²) in [5.74, 6) is -0.715. The number of phenols is 1. The number of ether oxygens (including phenoxy) is 3. The number of anilines is 1.